The van der Waals surface area contributed by atoms with Gasteiger partial charge >= 0.3 is 0 Å². The number of aromatic nitrogens is 1. The van der Waals surface area contributed by atoms with Crippen molar-refractivity contribution in [1.82, 2.24) is 4.98 Å². The van der Waals surface area contributed by atoms with Gasteiger partial charge in [-0.3, -0.25) is 0 Å². The molecule has 0 N–H and O–H groups in total. The molecule has 2 aliphatic carbocycles. The summed E-state index contributed by atoms with van der Waals surface area (Å²) >= 11 is 3.76. The lowest BCUT2D eigenvalue weighted by atomic mass is 10.0. The van der Waals surface area contributed by atoms with Crippen LogP contribution in [-0.4, -0.2) is 15.5 Å². The highest BCUT2D eigenvalue weighted by molar-refractivity contribution is 8.00. The summed E-state index contributed by atoms with van der Waals surface area (Å²) < 4.78 is 0. The highest BCUT2D eigenvalue weighted by Crippen LogP contribution is 2.39. The molecule has 2 nitrogen and oxygen atoms in total. The van der Waals surface area contributed by atoms with Crippen LogP contribution in [0, 0.1) is 11.3 Å². The number of hydrogen-bond acceptors (Lipinski definition) is 4. The lowest BCUT2D eigenvalue weighted by molar-refractivity contribution is 0.515. The van der Waals surface area contributed by atoms with E-state index >= 15 is 0 Å². The van der Waals surface area contributed by atoms with Gasteiger partial charge in [0.2, 0.25) is 0 Å². The molecule has 0 atom stereocenters. The Morgan fingerprint density at radius 3 is 2.09 bits per heavy atom. The Morgan fingerprint density at radius 2 is 1.50 bits per heavy atom. The first-order valence-corrected chi connectivity index (χ1v) is 10.3. The molecule has 0 amide bonds. The standard InChI is InChI=1S/C18H24N2S2/c19-13-16-17(21-14-7-3-1-4-8-14)11-12-20-18(16)22-15-9-5-2-6-10-15/h11-12,14-15H,1-10H2. The van der Waals surface area contributed by atoms with Crippen LogP contribution in [0.5, 0.6) is 0 Å². The Kier molecular flexibility index (Phi) is 6.09. The van der Waals surface area contributed by atoms with Crippen LogP contribution in [0.2, 0.25) is 0 Å². The van der Waals surface area contributed by atoms with Gasteiger partial charge in [0, 0.05) is 21.6 Å². The van der Waals surface area contributed by atoms with Gasteiger partial charge < -0.3 is 0 Å². The fourth-order valence-electron chi connectivity index (χ4n) is 3.42. The summed E-state index contributed by atoms with van der Waals surface area (Å²) in [5, 5.41) is 12.0. The van der Waals surface area contributed by atoms with Crippen molar-refractivity contribution in [3.8, 4) is 6.07 Å². The second-order valence-corrected chi connectivity index (χ2v) is 8.99. The van der Waals surface area contributed by atoms with Crippen molar-refractivity contribution in [1.29, 1.82) is 5.26 Å². The van der Waals surface area contributed by atoms with Gasteiger partial charge in [-0.1, -0.05) is 38.5 Å². The van der Waals surface area contributed by atoms with Gasteiger partial charge in [-0.25, -0.2) is 4.98 Å². The van der Waals surface area contributed by atoms with Gasteiger partial charge in [0.1, 0.15) is 11.1 Å². The van der Waals surface area contributed by atoms with E-state index in [1.165, 1.54) is 64.2 Å². The van der Waals surface area contributed by atoms with Crippen molar-refractivity contribution in [3.63, 3.8) is 0 Å². The first kappa shape index (κ1) is 16.2. The van der Waals surface area contributed by atoms with Gasteiger partial charge in [-0.2, -0.15) is 5.26 Å². The summed E-state index contributed by atoms with van der Waals surface area (Å²) in [6.07, 6.45) is 15.1. The van der Waals surface area contributed by atoms with Crippen molar-refractivity contribution in [2.24, 2.45) is 0 Å². The van der Waals surface area contributed by atoms with Gasteiger partial charge in [0.25, 0.3) is 0 Å². The molecule has 22 heavy (non-hydrogen) atoms. The Hall–Kier alpha value is -0.660. The molecule has 0 bridgehead atoms. The fourth-order valence-corrected chi connectivity index (χ4v) is 6.09. The Morgan fingerprint density at radius 1 is 0.909 bits per heavy atom. The molecule has 0 spiro atoms. The van der Waals surface area contributed by atoms with Crippen LogP contribution in [0.25, 0.3) is 0 Å². The van der Waals surface area contributed by atoms with E-state index in [1.807, 2.05) is 35.8 Å². The van der Waals surface area contributed by atoms with Crippen LogP contribution in [-0.2, 0) is 0 Å². The molecule has 1 aromatic rings. The van der Waals surface area contributed by atoms with Crippen LogP contribution >= 0.6 is 23.5 Å². The van der Waals surface area contributed by atoms with E-state index in [0.29, 0.717) is 10.5 Å². The molecule has 0 aromatic carbocycles. The van der Waals surface area contributed by atoms with E-state index in [-0.39, 0.29) is 0 Å². The zero-order chi connectivity index (χ0) is 15.2. The first-order chi connectivity index (χ1) is 10.9. The van der Waals surface area contributed by atoms with Crippen LogP contribution in [0.3, 0.4) is 0 Å². The maximum absolute atomic E-state index is 9.64. The van der Waals surface area contributed by atoms with E-state index < -0.39 is 0 Å². The van der Waals surface area contributed by atoms with E-state index in [2.05, 4.69) is 11.1 Å². The number of nitrogens with zero attached hydrogens (tertiary/aromatic N) is 2. The van der Waals surface area contributed by atoms with Crippen LogP contribution in [0.15, 0.2) is 22.2 Å². The van der Waals surface area contributed by atoms with E-state index in [9.17, 15) is 5.26 Å². The second-order valence-electron chi connectivity index (χ2n) is 6.36. The van der Waals surface area contributed by atoms with Crippen LogP contribution < -0.4 is 0 Å². The minimum Gasteiger partial charge on any atom is -0.248 e. The van der Waals surface area contributed by atoms with Gasteiger partial charge in [-0.05, 0) is 31.7 Å². The first-order valence-electron chi connectivity index (χ1n) is 8.59. The third kappa shape index (κ3) is 4.20. The molecule has 4 heteroatoms. The Bertz CT molecular complexity index is 488. The lowest BCUT2D eigenvalue weighted by Gasteiger charge is -2.23. The Labute approximate surface area is 142 Å². The van der Waals surface area contributed by atoms with Gasteiger partial charge in [0.15, 0.2) is 0 Å². The van der Waals surface area contributed by atoms with Crippen molar-refractivity contribution in [2.75, 3.05) is 0 Å². The van der Waals surface area contributed by atoms with Crippen LogP contribution in [0.1, 0.15) is 69.8 Å². The highest BCUT2D eigenvalue weighted by Gasteiger charge is 2.21. The van der Waals surface area contributed by atoms with E-state index in [4.69, 9.17) is 0 Å². The van der Waals surface area contributed by atoms with Crippen molar-refractivity contribution in [2.45, 2.75) is 84.6 Å². The minimum atomic E-state index is 0.656. The van der Waals surface area contributed by atoms with Gasteiger partial charge in [-0.15, -0.1) is 23.5 Å². The van der Waals surface area contributed by atoms with Crippen molar-refractivity contribution in [3.05, 3.63) is 17.8 Å². The molecule has 3 rings (SSSR count). The average molecular weight is 333 g/mol. The monoisotopic (exact) mass is 332 g/mol. The van der Waals surface area contributed by atoms with Crippen molar-refractivity contribution >= 4 is 23.5 Å². The van der Waals surface area contributed by atoms with E-state index in [0.717, 1.165) is 15.5 Å². The predicted molar refractivity (Wildman–Crippen MR) is 94.4 cm³/mol. The summed E-state index contributed by atoms with van der Waals surface area (Å²) in [7, 11) is 0. The summed E-state index contributed by atoms with van der Waals surface area (Å²) in [5.74, 6) is 0. The van der Waals surface area contributed by atoms with Gasteiger partial charge in [0.05, 0.1) is 5.56 Å². The van der Waals surface area contributed by atoms with Crippen molar-refractivity contribution < 1.29 is 0 Å². The summed E-state index contributed by atoms with van der Waals surface area (Å²) in [6.45, 7) is 0. The smallest absolute Gasteiger partial charge is 0.115 e. The molecule has 118 valence electrons. The highest BCUT2D eigenvalue weighted by atomic mass is 32.2. The largest absolute Gasteiger partial charge is 0.248 e. The summed E-state index contributed by atoms with van der Waals surface area (Å²) in [5.41, 5.74) is 0.827. The molecular formula is C18H24N2S2. The number of hydrogen-bond donors (Lipinski definition) is 0. The fraction of sp³-hybridized carbons (Fsp3) is 0.667. The molecule has 2 saturated carbocycles. The van der Waals surface area contributed by atoms with Crippen LogP contribution in [0.4, 0.5) is 0 Å². The number of rotatable bonds is 4. The second kappa shape index (κ2) is 8.26. The zero-order valence-corrected chi connectivity index (χ0v) is 14.7. The molecule has 0 unspecified atom stereocenters. The maximum atomic E-state index is 9.64. The quantitative estimate of drug-likeness (QED) is 0.698. The molecule has 2 aliphatic rings. The summed E-state index contributed by atoms with van der Waals surface area (Å²) in [6, 6.07) is 4.48. The molecule has 0 aliphatic heterocycles. The number of pyridine rings is 1. The number of thioether (sulfide) groups is 2. The number of nitriles is 1. The molecular weight excluding hydrogens is 308 g/mol. The lowest BCUT2D eigenvalue weighted by Crippen LogP contribution is -2.10. The molecule has 0 radical (unpaired) electrons. The normalized spacial score (nSPS) is 20.7. The summed E-state index contributed by atoms with van der Waals surface area (Å²) in [4.78, 5) is 5.68. The molecule has 2 fully saturated rings. The SMILES string of the molecule is N#Cc1c(SC2CCCCC2)ccnc1SC1CCCCC1. The van der Waals surface area contributed by atoms with E-state index in [1.54, 1.807) is 0 Å². The topological polar surface area (TPSA) is 36.7 Å². The third-order valence-corrected chi connectivity index (χ3v) is 7.40. The third-order valence-electron chi connectivity index (χ3n) is 4.67. The molecule has 1 aromatic heterocycles. The predicted octanol–water partition coefficient (Wildman–Crippen LogP) is 5.80. The average Bonchev–Trinajstić information content (AvgIpc) is 2.57. The minimum absolute atomic E-state index is 0.656. The maximum Gasteiger partial charge on any atom is 0.115 e. The molecule has 1 heterocycles. The zero-order valence-electron chi connectivity index (χ0n) is 13.1. The Balaban J connectivity index is 1.72. The molecule has 0 saturated heterocycles.